The fraction of sp³-hybridized carbons (Fsp3) is 0.467. The van der Waals surface area contributed by atoms with E-state index in [4.69, 9.17) is 14.4 Å². The van der Waals surface area contributed by atoms with Crippen LogP contribution >= 0.6 is 0 Å². The minimum Gasteiger partial charge on any atom is -0.477 e. The molecule has 2 heterocycles. The number of rotatable bonds is 4. The SMILES string of the molecule is CC1(C)OB(C(=Cc2ccc(C(=O)O)nc2)CO)OC1(C)C. The Balaban J connectivity index is 2.23. The van der Waals surface area contributed by atoms with Crippen molar-refractivity contribution < 1.29 is 24.3 Å². The van der Waals surface area contributed by atoms with E-state index in [2.05, 4.69) is 4.98 Å². The van der Waals surface area contributed by atoms with Crippen molar-refractivity contribution in [3.05, 3.63) is 35.1 Å². The molecule has 1 aliphatic rings. The molecule has 0 aromatic carbocycles. The van der Waals surface area contributed by atoms with Crippen LogP contribution in [-0.2, 0) is 9.31 Å². The minimum atomic E-state index is -1.08. The Morgan fingerprint density at radius 2 is 1.86 bits per heavy atom. The van der Waals surface area contributed by atoms with E-state index in [1.54, 1.807) is 12.1 Å². The van der Waals surface area contributed by atoms with E-state index < -0.39 is 24.3 Å². The van der Waals surface area contributed by atoms with Gasteiger partial charge >= 0.3 is 13.1 Å². The van der Waals surface area contributed by atoms with Crippen LogP contribution in [0.4, 0.5) is 0 Å². The largest absolute Gasteiger partial charge is 0.492 e. The van der Waals surface area contributed by atoms with E-state index in [1.165, 1.54) is 12.3 Å². The van der Waals surface area contributed by atoms with Crippen molar-refractivity contribution in [2.75, 3.05) is 6.61 Å². The molecule has 6 nitrogen and oxygen atoms in total. The summed E-state index contributed by atoms with van der Waals surface area (Å²) >= 11 is 0. The Bertz CT molecular complexity index is 578. The molecule has 1 fully saturated rings. The van der Waals surface area contributed by atoms with Crippen molar-refractivity contribution in [1.82, 2.24) is 4.98 Å². The summed E-state index contributed by atoms with van der Waals surface area (Å²) in [5.41, 5.74) is 0.222. The first-order valence-corrected chi connectivity index (χ1v) is 7.02. The van der Waals surface area contributed by atoms with E-state index in [-0.39, 0.29) is 12.3 Å². The third-order valence-corrected chi connectivity index (χ3v) is 4.10. The summed E-state index contributed by atoms with van der Waals surface area (Å²) in [6, 6.07) is 3.03. The van der Waals surface area contributed by atoms with Crippen molar-refractivity contribution in [2.24, 2.45) is 0 Å². The average molecular weight is 305 g/mol. The highest BCUT2D eigenvalue weighted by Crippen LogP contribution is 2.38. The van der Waals surface area contributed by atoms with Gasteiger partial charge in [0, 0.05) is 6.20 Å². The van der Waals surface area contributed by atoms with Gasteiger partial charge in [-0.15, -0.1) is 0 Å². The zero-order valence-electron chi connectivity index (χ0n) is 13.2. The van der Waals surface area contributed by atoms with Crippen LogP contribution in [0.15, 0.2) is 23.8 Å². The molecule has 2 N–H and O–H groups in total. The lowest BCUT2D eigenvalue weighted by Crippen LogP contribution is -2.41. The minimum absolute atomic E-state index is 0.0293. The Hall–Kier alpha value is -1.70. The summed E-state index contributed by atoms with van der Waals surface area (Å²) in [6.45, 7) is 7.52. The summed E-state index contributed by atoms with van der Waals surface area (Å²) in [5, 5.41) is 18.4. The summed E-state index contributed by atoms with van der Waals surface area (Å²) in [6.07, 6.45) is 3.13. The number of hydrogen-bond acceptors (Lipinski definition) is 5. The lowest BCUT2D eigenvalue weighted by atomic mass is 9.77. The van der Waals surface area contributed by atoms with Crippen LogP contribution < -0.4 is 0 Å². The Morgan fingerprint density at radius 3 is 2.27 bits per heavy atom. The van der Waals surface area contributed by atoms with Crippen LogP contribution in [0.3, 0.4) is 0 Å². The number of carboxylic acids is 1. The van der Waals surface area contributed by atoms with Crippen molar-refractivity contribution in [1.29, 1.82) is 0 Å². The van der Waals surface area contributed by atoms with Gasteiger partial charge in [-0.2, -0.15) is 0 Å². The summed E-state index contributed by atoms with van der Waals surface area (Å²) < 4.78 is 11.8. The maximum absolute atomic E-state index is 10.8. The molecule has 1 aromatic rings. The van der Waals surface area contributed by atoms with Gasteiger partial charge in [0.25, 0.3) is 0 Å². The fourth-order valence-electron chi connectivity index (χ4n) is 2.01. The van der Waals surface area contributed by atoms with Crippen molar-refractivity contribution in [3.8, 4) is 0 Å². The number of pyridine rings is 1. The second kappa shape index (κ2) is 5.83. The van der Waals surface area contributed by atoms with Gasteiger partial charge in [-0.1, -0.05) is 12.1 Å². The molecule has 0 atom stereocenters. The number of aromatic nitrogens is 1. The second-order valence-corrected chi connectivity index (χ2v) is 6.25. The summed E-state index contributed by atoms with van der Waals surface area (Å²) in [5.74, 6) is -1.08. The number of aromatic carboxylic acids is 1. The molecule has 0 amide bonds. The lowest BCUT2D eigenvalue weighted by Gasteiger charge is -2.32. The van der Waals surface area contributed by atoms with Gasteiger partial charge in [0.1, 0.15) is 5.69 Å². The number of carboxylic acid groups (broad SMARTS) is 1. The maximum atomic E-state index is 10.8. The molecule has 0 unspecified atom stereocenters. The zero-order chi connectivity index (χ0) is 16.5. The van der Waals surface area contributed by atoms with Gasteiger partial charge in [-0.25, -0.2) is 9.78 Å². The molecule has 0 aliphatic carbocycles. The normalized spacial score (nSPS) is 20.2. The maximum Gasteiger partial charge on any atom is 0.492 e. The molecule has 0 bridgehead atoms. The number of aliphatic hydroxyl groups is 1. The first-order chi connectivity index (χ1) is 10.2. The van der Waals surface area contributed by atoms with Gasteiger partial charge in [0.15, 0.2) is 0 Å². The van der Waals surface area contributed by atoms with E-state index in [0.717, 1.165) is 0 Å². The molecule has 2 rings (SSSR count). The Labute approximate surface area is 129 Å². The standard InChI is InChI=1S/C15H20BNO5/c1-14(2)15(3,4)22-16(21-14)11(9-18)7-10-5-6-12(13(19)20)17-8-10/h5-8,18H,9H2,1-4H3,(H,19,20). The number of nitrogens with zero attached hydrogens (tertiary/aromatic N) is 1. The van der Waals surface area contributed by atoms with Gasteiger partial charge in [0.2, 0.25) is 0 Å². The van der Waals surface area contributed by atoms with Crippen molar-refractivity contribution >= 4 is 19.2 Å². The second-order valence-electron chi connectivity index (χ2n) is 6.25. The van der Waals surface area contributed by atoms with Crippen LogP contribution in [0.1, 0.15) is 43.7 Å². The first-order valence-electron chi connectivity index (χ1n) is 7.02. The van der Waals surface area contributed by atoms with E-state index in [9.17, 15) is 9.90 Å². The predicted molar refractivity (Wildman–Crippen MR) is 82.3 cm³/mol. The highest BCUT2D eigenvalue weighted by atomic mass is 16.7. The third-order valence-electron chi connectivity index (χ3n) is 4.10. The zero-order valence-corrected chi connectivity index (χ0v) is 13.2. The lowest BCUT2D eigenvalue weighted by molar-refractivity contribution is 0.00578. The van der Waals surface area contributed by atoms with Crippen LogP contribution in [0.25, 0.3) is 6.08 Å². The average Bonchev–Trinajstić information content (AvgIpc) is 2.65. The first kappa shape index (κ1) is 16.7. The highest BCUT2D eigenvalue weighted by molar-refractivity contribution is 6.55. The molecule has 1 aromatic heterocycles. The molecule has 1 aliphatic heterocycles. The summed E-state index contributed by atoms with van der Waals surface area (Å²) in [7, 11) is -0.644. The smallest absolute Gasteiger partial charge is 0.477 e. The molecule has 1 saturated heterocycles. The molecule has 118 valence electrons. The van der Waals surface area contributed by atoms with Crippen LogP contribution in [-0.4, -0.2) is 46.1 Å². The van der Waals surface area contributed by atoms with Crippen molar-refractivity contribution in [2.45, 2.75) is 38.9 Å². The number of hydrogen-bond donors (Lipinski definition) is 2. The Kier molecular flexibility index (Phi) is 4.42. The highest BCUT2D eigenvalue weighted by Gasteiger charge is 2.52. The Morgan fingerprint density at radius 1 is 1.27 bits per heavy atom. The van der Waals surface area contributed by atoms with Gasteiger partial charge in [-0.3, -0.25) is 0 Å². The quantitative estimate of drug-likeness (QED) is 0.824. The van der Waals surface area contributed by atoms with Crippen LogP contribution in [0.5, 0.6) is 0 Å². The van der Waals surface area contributed by atoms with Crippen LogP contribution in [0.2, 0.25) is 0 Å². The fourth-order valence-corrected chi connectivity index (χ4v) is 2.01. The molecular weight excluding hydrogens is 285 g/mol. The van der Waals surface area contributed by atoms with E-state index in [0.29, 0.717) is 11.0 Å². The molecular formula is C15H20BNO5. The third kappa shape index (κ3) is 3.21. The van der Waals surface area contributed by atoms with Gasteiger partial charge < -0.3 is 19.5 Å². The molecule has 0 saturated carbocycles. The number of aliphatic hydroxyl groups excluding tert-OH is 1. The molecule has 0 radical (unpaired) electrons. The van der Waals surface area contributed by atoms with Gasteiger partial charge in [0.05, 0.1) is 17.8 Å². The number of carbonyl (C=O) groups is 1. The molecule has 22 heavy (non-hydrogen) atoms. The molecule has 7 heteroatoms. The monoisotopic (exact) mass is 305 g/mol. The molecule has 0 spiro atoms. The van der Waals surface area contributed by atoms with Crippen LogP contribution in [0, 0.1) is 0 Å². The van der Waals surface area contributed by atoms with Crippen molar-refractivity contribution in [3.63, 3.8) is 0 Å². The van der Waals surface area contributed by atoms with Gasteiger partial charge in [-0.05, 0) is 44.8 Å². The topological polar surface area (TPSA) is 88.9 Å². The van der Waals surface area contributed by atoms with E-state index in [1.807, 2.05) is 27.7 Å². The van der Waals surface area contributed by atoms with E-state index >= 15 is 0 Å². The predicted octanol–water partition coefficient (Wildman–Crippen LogP) is 1.79. The summed E-state index contributed by atoms with van der Waals surface area (Å²) in [4.78, 5) is 14.6.